The molecule has 0 amide bonds. The average molecular weight is 245 g/mol. The van der Waals surface area contributed by atoms with Crippen LogP contribution in [0.2, 0.25) is 0 Å². The maximum atomic E-state index is 13.1. The smallest absolute Gasteiger partial charge is 0.123 e. The van der Waals surface area contributed by atoms with E-state index in [1.165, 1.54) is 12.4 Å². The first-order valence-electron chi connectivity index (χ1n) is 5.89. The molecule has 4 heteroatoms. The van der Waals surface area contributed by atoms with E-state index < -0.39 is 0 Å². The van der Waals surface area contributed by atoms with Gasteiger partial charge < -0.3 is 5.32 Å². The number of benzene rings is 1. The Bertz CT molecular complexity index is 514. The quantitative estimate of drug-likeness (QED) is 0.899. The van der Waals surface area contributed by atoms with Crippen LogP contribution in [0.1, 0.15) is 22.9 Å². The van der Waals surface area contributed by atoms with Gasteiger partial charge in [-0.2, -0.15) is 0 Å². The number of halogens is 1. The predicted octanol–water partition coefficient (Wildman–Crippen LogP) is 2.43. The fourth-order valence-electron chi connectivity index (χ4n) is 1.97. The molecule has 0 aliphatic carbocycles. The zero-order valence-corrected chi connectivity index (χ0v) is 10.5. The van der Waals surface area contributed by atoms with Crippen LogP contribution in [0.4, 0.5) is 4.39 Å². The summed E-state index contributed by atoms with van der Waals surface area (Å²) in [6.45, 7) is 1.92. The van der Waals surface area contributed by atoms with Gasteiger partial charge in [-0.05, 0) is 49.7 Å². The fraction of sp³-hybridized carbons (Fsp3) is 0.286. The number of likely N-dealkylation sites (N-methyl/N-ethyl adjacent to an activating group) is 1. The Labute approximate surface area is 106 Å². The number of hydrogen-bond acceptors (Lipinski definition) is 3. The van der Waals surface area contributed by atoms with Gasteiger partial charge in [0.1, 0.15) is 12.1 Å². The van der Waals surface area contributed by atoms with Crippen molar-refractivity contribution in [1.82, 2.24) is 15.3 Å². The van der Waals surface area contributed by atoms with E-state index in [4.69, 9.17) is 0 Å². The lowest BCUT2D eigenvalue weighted by molar-refractivity contribution is 0.570. The van der Waals surface area contributed by atoms with E-state index in [1.54, 1.807) is 12.3 Å². The van der Waals surface area contributed by atoms with Crippen LogP contribution in [0.5, 0.6) is 0 Å². The molecule has 94 valence electrons. The van der Waals surface area contributed by atoms with Crippen LogP contribution in [0.25, 0.3) is 0 Å². The zero-order chi connectivity index (χ0) is 13.0. The van der Waals surface area contributed by atoms with Crippen molar-refractivity contribution in [3.05, 3.63) is 59.4 Å². The summed E-state index contributed by atoms with van der Waals surface area (Å²) in [5.74, 6) is -0.195. The summed E-state index contributed by atoms with van der Waals surface area (Å²) in [5, 5.41) is 3.22. The van der Waals surface area contributed by atoms with Gasteiger partial charge in [0, 0.05) is 6.20 Å². The van der Waals surface area contributed by atoms with Crippen molar-refractivity contribution in [1.29, 1.82) is 0 Å². The Morgan fingerprint density at radius 3 is 2.78 bits per heavy atom. The Kier molecular flexibility index (Phi) is 3.99. The minimum absolute atomic E-state index is 0.108. The summed E-state index contributed by atoms with van der Waals surface area (Å²) in [6, 6.07) is 6.88. The Morgan fingerprint density at radius 1 is 1.33 bits per heavy atom. The molecule has 0 spiro atoms. The Morgan fingerprint density at radius 2 is 2.17 bits per heavy atom. The van der Waals surface area contributed by atoms with Crippen LogP contribution in [0.3, 0.4) is 0 Å². The van der Waals surface area contributed by atoms with E-state index >= 15 is 0 Å². The van der Waals surface area contributed by atoms with Crippen LogP contribution >= 0.6 is 0 Å². The van der Waals surface area contributed by atoms with Crippen LogP contribution in [0, 0.1) is 12.7 Å². The van der Waals surface area contributed by atoms with E-state index in [0.29, 0.717) is 0 Å². The third-order valence-electron chi connectivity index (χ3n) is 3.04. The SMILES string of the molecule is CNC(Cc1ccc(F)cc1C)c1ccncn1. The minimum atomic E-state index is -0.195. The Hall–Kier alpha value is -1.81. The molecule has 1 unspecified atom stereocenters. The maximum Gasteiger partial charge on any atom is 0.123 e. The molecule has 2 aromatic rings. The topological polar surface area (TPSA) is 37.8 Å². The standard InChI is InChI=1S/C14H16FN3/c1-10-7-12(15)4-3-11(10)8-14(16-2)13-5-6-17-9-18-13/h3-7,9,14,16H,8H2,1-2H3. The normalized spacial score (nSPS) is 12.4. The third kappa shape index (κ3) is 2.90. The molecule has 3 nitrogen and oxygen atoms in total. The molecule has 0 bridgehead atoms. The molecule has 0 fully saturated rings. The molecule has 0 saturated heterocycles. The molecule has 1 heterocycles. The highest BCUT2D eigenvalue weighted by molar-refractivity contribution is 5.28. The van der Waals surface area contributed by atoms with Gasteiger partial charge in [0.25, 0.3) is 0 Å². The largest absolute Gasteiger partial charge is 0.311 e. The maximum absolute atomic E-state index is 13.1. The highest BCUT2D eigenvalue weighted by atomic mass is 19.1. The fourth-order valence-corrected chi connectivity index (χ4v) is 1.97. The summed E-state index contributed by atoms with van der Waals surface area (Å²) < 4.78 is 13.1. The van der Waals surface area contributed by atoms with Gasteiger partial charge in [-0.1, -0.05) is 6.07 Å². The highest BCUT2D eigenvalue weighted by Gasteiger charge is 2.12. The van der Waals surface area contributed by atoms with Crippen molar-refractivity contribution >= 4 is 0 Å². The summed E-state index contributed by atoms with van der Waals surface area (Å²) in [7, 11) is 1.89. The molecule has 0 aliphatic heterocycles. The zero-order valence-electron chi connectivity index (χ0n) is 10.5. The minimum Gasteiger partial charge on any atom is -0.311 e. The molecule has 2 rings (SSSR count). The van der Waals surface area contributed by atoms with Gasteiger partial charge in [0.05, 0.1) is 11.7 Å². The van der Waals surface area contributed by atoms with Crippen LogP contribution in [-0.2, 0) is 6.42 Å². The van der Waals surface area contributed by atoms with E-state index in [-0.39, 0.29) is 11.9 Å². The van der Waals surface area contributed by atoms with Gasteiger partial charge in [-0.3, -0.25) is 0 Å². The first-order chi connectivity index (χ1) is 8.70. The molecule has 1 atom stereocenters. The highest BCUT2D eigenvalue weighted by Crippen LogP contribution is 2.19. The number of rotatable bonds is 4. The molecule has 0 aliphatic rings. The molecule has 1 aromatic carbocycles. The second-order valence-electron chi connectivity index (χ2n) is 4.25. The van der Waals surface area contributed by atoms with Gasteiger partial charge in [0.15, 0.2) is 0 Å². The van der Waals surface area contributed by atoms with Crippen molar-refractivity contribution in [3.63, 3.8) is 0 Å². The van der Waals surface area contributed by atoms with Gasteiger partial charge in [0.2, 0.25) is 0 Å². The summed E-state index contributed by atoms with van der Waals surface area (Å²) >= 11 is 0. The van der Waals surface area contributed by atoms with Gasteiger partial charge in [-0.15, -0.1) is 0 Å². The lowest BCUT2D eigenvalue weighted by Gasteiger charge is -2.16. The van der Waals surface area contributed by atoms with Crippen LogP contribution in [0.15, 0.2) is 36.8 Å². The van der Waals surface area contributed by atoms with Gasteiger partial charge >= 0.3 is 0 Å². The number of aromatic nitrogens is 2. The molecule has 1 aromatic heterocycles. The first kappa shape index (κ1) is 12.6. The van der Waals surface area contributed by atoms with Gasteiger partial charge in [-0.25, -0.2) is 14.4 Å². The second-order valence-corrected chi connectivity index (χ2v) is 4.25. The van der Waals surface area contributed by atoms with Crippen molar-refractivity contribution in [3.8, 4) is 0 Å². The molecule has 1 N–H and O–H groups in total. The lowest BCUT2D eigenvalue weighted by Crippen LogP contribution is -2.20. The average Bonchev–Trinajstić information content (AvgIpc) is 2.39. The number of hydrogen-bond donors (Lipinski definition) is 1. The predicted molar refractivity (Wildman–Crippen MR) is 68.7 cm³/mol. The molecule has 0 saturated carbocycles. The number of nitrogens with zero attached hydrogens (tertiary/aromatic N) is 2. The third-order valence-corrected chi connectivity index (χ3v) is 3.04. The summed E-state index contributed by atoms with van der Waals surface area (Å²) in [5.41, 5.74) is 3.02. The van der Waals surface area contributed by atoms with E-state index in [1.807, 2.05) is 26.1 Å². The molecular formula is C14H16FN3. The van der Waals surface area contributed by atoms with Crippen molar-refractivity contribution in [2.45, 2.75) is 19.4 Å². The molecular weight excluding hydrogens is 229 g/mol. The number of aryl methyl sites for hydroxylation is 1. The lowest BCUT2D eigenvalue weighted by atomic mass is 9.99. The van der Waals surface area contributed by atoms with Crippen molar-refractivity contribution in [2.24, 2.45) is 0 Å². The number of nitrogens with one attached hydrogen (secondary N) is 1. The first-order valence-corrected chi connectivity index (χ1v) is 5.89. The molecule has 18 heavy (non-hydrogen) atoms. The summed E-state index contributed by atoms with van der Waals surface area (Å²) in [4.78, 5) is 8.16. The van der Waals surface area contributed by atoms with E-state index in [9.17, 15) is 4.39 Å². The van der Waals surface area contributed by atoms with Crippen LogP contribution < -0.4 is 5.32 Å². The van der Waals surface area contributed by atoms with Crippen molar-refractivity contribution in [2.75, 3.05) is 7.05 Å². The van der Waals surface area contributed by atoms with Crippen molar-refractivity contribution < 1.29 is 4.39 Å². The second kappa shape index (κ2) is 5.69. The Balaban J connectivity index is 2.21. The van der Waals surface area contributed by atoms with E-state index in [0.717, 1.165) is 23.2 Å². The van der Waals surface area contributed by atoms with E-state index in [2.05, 4.69) is 15.3 Å². The summed E-state index contributed by atoms with van der Waals surface area (Å²) in [6.07, 6.45) is 4.04. The van der Waals surface area contributed by atoms with Crippen LogP contribution in [-0.4, -0.2) is 17.0 Å². The monoisotopic (exact) mass is 245 g/mol. The molecule has 0 radical (unpaired) electrons.